The van der Waals surface area contributed by atoms with Crippen LogP contribution in [0.5, 0.6) is 0 Å². The molecule has 0 unspecified atom stereocenters. The van der Waals surface area contributed by atoms with E-state index in [0.717, 1.165) is 17.3 Å². The van der Waals surface area contributed by atoms with Crippen molar-refractivity contribution in [1.29, 1.82) is 0 Å². The van der Waals surface area contributed by atoms with Crippen LogP contribution in [0.25, 0.3) is 0 Å². The maximum atomic E-state index is 5.38. The summed E-state index contributed by atoms with van der Waals surface area (Å²) in [6.45, 7) is 2.08. The van der Waals surface area contributed by atoms with Gasteiger partial charge in [-0.2, -0.15) is 0 Å². The van der Waals surface area contributed by atoms with Gasteiger partial charge in [0.15, 0.2) is 0 Å². The summed E-state index contributed by atoms with van der Waals surface area (Å²) in [5, 5.41) is 2.11. The molecule has 2 aromatic rings. The molecule has 0 fully saturated rings. The molecule has 2 heterocycles. The molecule has 2 aromatic heterocycles. The molecule has 4 heteroatoms. The van der Waals surface area contributed by atoms with Crippen LogP contribution in [0.3, 0.4) is 0 Å². The minimum Gasteiger partial charge on any atom is -0.468 e. The molecule has 0 aromatic carbocycles. The minimum atomic E-state index is 0.946. The first-order valence-corrected chi connectivity index (χ1v) is 7.42. The van der Waals surface area contributed by atoms with Crippen LogP contribution in [0.4, 0.5) is 0 Å². The number of hydrogen-bond acceptors (Lipinski definition) is 3. The molecule has 80 valence electrons. The molecular weight excluding hydrogens is 292 g/mol. The smallest absolute Gasteiger partial charge is 0.116 e. The van der Waals surface area contributed by atoms with Gasteiger partial charge in [-0.05, 0) is 51.5 Å². The zero-order valence-corrected chi connectivity index (χ0v) is 11.5. The molecule has 0 aliphatic heterocycles. The summed E-state index contributed by atoms with van der Waals surface area (Å²) < 4.78 is 6.63. The fourth-order valence-corrected chi connectivity index (χ4v) is 3.79. The highest BCUT2D eigenvalue weighted by atomic mass is 79.9. The fourth-order valence-electron chi connectivity index (χ4n) is 1.23. The highest BCUT2D eigenvalue weighted by Gasteiger charge is 2.04. The van der Waals surface area contributed by atoms with Crippen molar-refractivity contribution in [3.05, 3.63) is 44.4 Å². The van der Waals surface area contributed by atoms with Crippen LogP contribution in [-0.2, 0) is 11.5 Å². The van der Waals surface area contributed by atoms with E-state index in [4.69, 9.17) is 4.42 Å². The second kappa shape index (κ2) is 5.23. The van der Waals surface area contributed by atoms with Crippen molar-refractivity contribution in [1.82, 2.24) is 0 Å². The van der Waals surface area contributed by atoms with E-state index in [2.05, 4.69) is 34.3 Å². The average Bonchev–Trinajstić information content (AvgIpc) is 2.78. The van der Waals surface area contributed by atoms with Crippen molar-refractivity contribution in [2.45, 2.75) is 18.4 Å². The third-order valence-electron chi connectivity index (χ3n) is 2.15. The van der Waals surface area contributed by atoms with Crippen molar-refractivity contribution in [3.63, 3.8) is 0 Å². The first-order valence-electron chi connectivity index (χ1n) is 4.60. The molecule has 0 saturated heterocycles. The Balaban J connectivity index is 1.86. The quantitative estimate of drug-likeness (QED) is 0.801. The number of thioether (sulfide) groups is 1. The Morgan fingerprint density at radius 1 is 1.40 bits per heavy atom. The number of furan rings is 1. The molecule has 0 amide bonds. The van der Waals surface area contributed by atoms with E-state index in [1.165, 1.54) is 14.9 Å². The predicted octanol–water partition coefficient (Wildman–Crippen LogP) is 4.85. The molecule has 0 N–H and O–H groups in total. The van der Waals surface area contributed by atoms with Crippen LogP contribution in [0, 0.1) is 6.92 Å². The highest BCUT2D eigenvalue weighted by molar-refractivity contribution is 9.11. The largest absolute Gasteiger partial charge is 0.468 e. The van der Waals surface area contributed by atoms with Gasteiger partial charge in [-0.25, -0.2) is 0 Å². The third kappa shape index (κ3) is 2.89. The highest BCUT2D eigenvalue weighted by Crippen LogP contribution is 2.28. The maximum Gasteiger partial charge on any atom is 0.116 e. The Morgan fingerprint density at radius 3 is 2.87 bits per heavy atom. The summed E-state index contributed by atoms with van der Waals surface area (Å²) in [5.74, 6) is 3.07. The number of halogens is 1. The SMILES string of the molecule is Cc1ccoc1CSCc1ccsc1Br. The van der Waals surface area contributed by atoms with E-state index in [1.54, 1.807) is 17.6 Å². The lowest BCUT2D eigenvalue weighted by molar-refractivity contribution is 0.528. The van der Waals surface area contributed by atoms with Gasteiger partial charge < -0.3 is 4.42 Å². The van der Waals surface area contributed by atoms with Crippen molar-refractivity contribution in [2.24, 2.45) is 0 Å². The number of aryl methyl sites for hydroxylation is 1. The van der Waals surface area contributed by atoms with Crippen LogP contribution >= 0.6 is 39.0 Å². The van der Waals surface area contributed by atoms with Gasteiger partial charge in [0.1, 0.15) is 5.76 Å². The van der Waals surface area contributed by atoms with Gasteiger partial charge in [-0.15, -0.1) is 23.1 Å². The van der Waals surface area contributed by atoms with E-state index < -0.39 is 0 Å². The van der Waals surface area contributed by atoms with Gasteiger partial charge in [-0.3, -0.25) is 0 Å². The number of rotatable bonds is 4. The first kappa shape index (κ1) is 11.3. The lowest BCUT2D eigenvalue weighted by Gasteiger charge is -1.99. The minimum absolute atomic E-state index is 0.946. The van der Waals surface area contributed by atoms with Crippen LogP contribution < -0.4 is 0 Å². The summed E-state index contributed by atoms with van der Waals surface area (Å²) >= 11 is 7.16. The van der Waals surface area contributed by atoms with E-state index in [9.17, 15) is 0 Å². The second-order valence-electron chi connectivity index (χ2n) is 3.24. The Bertz CT molecular complexity index is 393. The second-order valence-corrected chi connectivity index (χ2v) is 6.46. The van der Waals surface area contributed by atoms with Crippen LogP contribution in [0.1, 0.15) is 16.9 Å². The molecule has 0 radical (unpaired) electrons. The molecule has 2 rings (SSSR count). The van der Waals surface area contributed by atoms with Crippen molar-refractivity contribution in [2.75, 3.05) is 0 Å². The zero-order chi connectivity index (χ0) is 10.7. The van der Waals surface area contributed by atoms with Gasteiger partial charge in [0.2, 0.25) is 0 Å². The summed E-state index contributed by atoms with van der Waals surface area (Å²) in [7, 11) is 0. The summed E-state index contributed by atoms with van der Waals surface area (Å²) in [5.41, 5.74) is 2.61. The third-order valence-corrected chi connectivity index (χ3v) is 4.94. The Hall–Kier alpha value is -0.190. The van der Waals surface area contributed by atoms with Crippen LogP contribution in [0.2, 0.25) is 0 Å². The van der Waals surface area contributed by atoms with E-state index >= 15 is 0 Å². The van der Waals surface area contributed by atoms with Gasteiger partial charge in [0.25, 0.3) is 0 Å². The summed E-state index contributed by atoms with van der Waals surface area (Å²) in [6, 6.07) is 4.17. The molecule has 15 heavy (non-hydrogen) atoms. The number of hydrogen-bond donors (Lipinski definition) is 0. The Labute approximate surface area is 106 Å². The van der Waals surface area contributed by atoms with Gasteiger partial charge in [0.05, 0.1) is 15.8 Å². The average molecular weight is 303 g/mol. The molecular formula is C11H11BrOS2. The predicted molar refractivity (Wildman–Crippen MR) is 70.5 cm³/mol. The van der Waals surface area contributed by atoms with E-state index in [1.807, 2.05) is 17.8 Å². The first-order chi connectivity index (χ1) is 7.27. The monoisotopic (exact) mass is 302 g/mol. The summed E-state index contributed by atoms with van der Waals surface area (Å²) in [6.07, 6.45) is 1.76. The normalized spacial score (nSPS) is 10.8. The number of thiophene rings is 1. The standard InChI is InChI=1S/C11H11BrOS2/c1-8-2-4-13-10(8)7-14-6-9-3-5-15-11(9)12/h2-5H,6-7H2,1H3. The van der Waals surface area contributed by atoms with Crippen molar-refractivity contribution < 1.29 is 4.42 Å². The van der Waals surface area contributed by atoms with Crippen molar-refractivity contribution >= 4 is 39.0 Å². The molecule has 0 spiro atoms. The van der Waals surface area contributed by atoms with Crippen LogP contribution in [-0.4, -0.2) is 0 Å². The Kier molecular flexibility index (Phi) is 3.94. The van der Waals surface area contributed by atoms with E-state index in [-0.39, 0.29) is 0 Å². The fraction of sp³-hybridized carbons (Fsp3) is 0.273. The summed E-state index contributed by atoms with van der Waals surface area (Å²) in [4.78, 5) is 0. The van der Waals surface area contributed by atoms with Crippen molar-refractivity contribution in [3.8, 4) is 0 Å². The van der Waals surface area contributed by atoms with Gasteiger partial charge in [0, 0.05) is 5.75 Å². The van der Waals surface area contributed by atoms with Gasteiger partial charge >= 0.3 is 0 Å². The molecule has 0 aliphatic rings. The lowest BCUT2D eigenvalue weighted by Crippen LogP contribution is -1.82. The molecule has 0 atom stereocenters. The molecule has 0 bridgehead atoms. The topological polar surface area (TPSA) is 13.1 Å². The maximum absolute atomic E-state index is 5.38. The lowest BCUT2D eigenvalue weighted by atomic mass is 10.3. The van der Waals surface area contributed by atoms with E-state index in [0.29, 0.717) is 0 Å². The van der Waals surface area contributed by atoms with Gasteiger partial charge in [-0.1, -0.05) is 0 Å². The van der Waals surface area contributed by atoms with Crippen LogP contribution in [0.15, 0.2) is 32.0 Å². The molecule has 1 nitrogen and oxygen atoms in total. The Morgan fingerprint density at radius 2 is 2.27 bits per heavy atom. The molecule has 0 aliphatic carbocycles. The molecule has 0 saturated carbocycles. The zero-order valence-electron chi connectivity index (χ0n) is 8.33.